The molecule has 0 saturated carbocycles. The number of amides is 1. The molecule has 15 heavy (non-hydrogen) atoms. The van der Waals surface area contributed by atoms with Crippen molar-refractivity contribution in [3.8, 4) is 0 Å². The molecule has 1 aromatic rings. The van der Waals surface area contributed by atoms with Gasteiger partial charge >= 0.3 is 5.97 Å². The summed E-state index contributed by atoms with van der Waals surface area (Å²) in [5.41, 5.74) is 2.45. The van der Waals surface area contributed by atoms with Crippen molar-refractivity contribution in [2.75, 3.05) is 7.11 Å². The SMILES string of the molecule is COC(=O)c1ccc2c(c1)CC(=O)NC2. The lowest BCUT2D eigenvalue weighted by Gasteiger charge is -2.16. The van der Waals surface area contributed by atoms with Crippen molar-refractivity contribution in [1.82, 2.24) is 5.32 Å². The van der Waals surface area contributed by atoms with Crippen LogP contribution in [0.5, 0.6) is 0 Å². The summed E-state index contributed by atoms with van der Waals surface area (Å²) >= 11 is 0. The summed E-state index contributed by atoms with van der Waals surface area (Å²) < 4.78 is 4.61. The number of hydrogen-bond donors (Lipinski definition) is 1. The van der Waals surface area contributed by atoms with Crippen molar-refractivity contribution < 1.29 is 14.3 Å². The van der Waals surface area contributed by atoms with Crippen LogP contribution >= 0.6 is 0 Å². The van der Waals surface area contributed by atoms with Crippen molar-refractivity contribution in [3.05, 3.63) is 34.9 Å². The second-order valence-corrected chi connectivity index (χ2v) is 3.43. The van der Waals surface area contributed by atoms with Crippen LogP contribution in [-0.2, 0) is 22.5 Å². The van der Waals surface area contributed by atoms with Gasteiger partial charge in [-0.1, -0.05) is 6.07 Å². The van der Waals surface area contributed by atoms with Crippen LogP contribution in [0.25, 0.3) is 0 Å². The van der Waals surface area contributed by atoms with Crippen LogP contribution in [0.1, 0.15) is 21.5 Å². The Morgan fingerprint density at radius 3 is 2.93 bits per heavy atom. The Morgan fingerprint density at radius 1 is 1.40 bits per heavy atom. The van der Waals surface area contributed by atoms with Gasteiger partial charge in [-0.3, -0.25) is 4.79 Å². The highest BCUT2D eigenvalue weighted by molar-refractivity contribution is 5.90. The molecule has 0 radical (unpaired) electrons. The summed E-state index contributed by atoms with van der Waals surface area (Å²) in [5, 5.41) is 2.75. The summed E-state index contributed by atoms with van der Waals surface area (Å²) in [4.78, 5) is 22.4. The lowest BCUT2D eigenvalue weighted by molar-refractivity contribution is -0.121. The average molecular weight is 205 g/mol. The maximum Gasteiger partial charge on any atom is 0.337 e. The van der Waals surface area contributed by atoms with E-state index >= 15 is 0 Å². The van der Waals surface area contributed by atoms with Gasteiger partial charge in [0.05, 0.1) is 19.1 Å². The van der Waals surface area contributed by atoms with Crippen LogP contribution in [-0.4, -0.2) is 19.0 Å². The Hall–Kier alpha value is -1.84. The maximum absolute atomic E-state index is 11.3. The number of methoxy groups -OCH3 is 1. The normalized spacial score (nSPS) is 14.1. The molecular weight excluding hydrogens is 194 g/mol. The zero-order chi connectivity index (χ0) is 10.8. The third-order valence-corrected chi connectivity index (χ3v) is 2.45. The predicted octanol–water partition coefficient (Wildman–Crippen LogP) is 0.645. The van der Waals surface area contributed by atoms with E-state index in [1.165, 1.54) is 7.11 Å². The summed E-state index contributed by atoms with van der Waals surface area (Å²) in [6.07, 6.45) is 0.333. The van der Waals surface area contributed by atoms with E-state index < -0.39 is 0 Å². The van der Waals surface area contributed by atoms with Crippen LogP contribution in [0, 0.1) is 0 Å². The Morgan fingerprint density at radius 2 is 2.20 bits per heavy atom. The van der Waals surface area contributed by atoms with Crippen LogP contribution in [0.3, 0.4) is 0 Å². The lowest BCUT2D eigenvalue weighted by atomic mass is 9.98. The molecule has 1 aliphatic rings. The van der Waals surface area contributed by atoms with Crippen molar-refractivity contribution in [3.63, 3.8) is 0 Å². The van der Waals surface area contributed by atoms with Gasteiger partial charge in [0, 0.05) is 6.54 Å². The van der Waals surface area contributed by atoms with E-state index in [4.69, 9.17) is 0 Å². The molecule has 1 N–H and O–H groups in total. The molecule has 1 heterocycles. The summed E-state index contributed by atoms with van der Waals surface area (Å²) in [6.45, 7) is 0.537. The van der Waals surface area contributed by atoms with Crippen molar-refractivity contribution >= 4 is 11.9 Å². The first-order chi connectivity index (χ1) is 7.20. The highest BCUT2D eigenvalue weighted by atomic mass is 16.5. The second kappa shape index (κ2) is 3.73. The fourth-order valence-corrected chi connectivity index (χ4v) is 1.64. The number of benzene rings is 1. The molecule has 1 aliphatic heterocycles. The highest BCUT2D eigenvalue weighted by Crippen LogP contribution is 2.16. The summed E-state index contributed by atoms with van der Waals surface area (Å²) in [7, 11) is 1.34. The van der Waals surface area contributed by atoms with E-state index in [1.54, 1.807) is 12.1 Å². The van der Waals surface area contributed by atoms with E-state index in [-0.39, 0.29) is 11.9 Å². The number of carbonyl (C=O) groups excluding carboxylic acids is 2. The minimum Gasteiger partial charge on any atom is -0.465 e. The fourth-order valence-electron chi connectivity index (χ4n) is 1.64. The number of nitrogens with one attached hydrogen (secondary N) is 1. The molecule has 2 rings (SSSR count). The molecule has 0 aliphatic carbocycles. The zero-order valence-electron chi connectivity index (χ0n) is 8.37. The van der Waals surface area contributed by atoms with Gasteiger partial charge in [-0.15, -0.1) is 0 Å². The zero-order valence-corrected chi connectivity index (χ0v) is 8.37. The first-order valence-corrected chi connectivity index (χ1v) is 4.67. The quantitative estimate of drug-likeness (QED) is 0.685. The molecule has 0 spiro atoms. The highest BCUT2D eigenvalue weighted by Gasteiger charge is 2.16. The van der Waals surface area contributed by atoms with Gasteiger partial charge in [-0.2, -0.15) is 0 Å². The minimum atomic E-state index is -0.371. The number of rotatable bonds is 1. The fraction of sp³-hybridized carbons (Fsp3) is 0.273. The molecule has 0 unspecified atom stereocenters. The predicted molar refractivity (Wildman–Crippen MR) is 53.3 cm³/mol. The average Bonchev–Trinajstić information content (AvgIpc) is 2.27. The van der Waals surface area contributed by atoms with Crippen LogP contribution < -0.4 is 5.32 Å². The Kier molecular flexibility index (Phi) is 2.41. The largest absolute Gasteiger partial charge is 0.465 e. The van der Waals surface area contributed by atoms with Crippen LogP contribution in [0.15, 0.2) is 18.2 Å². The van der Waals surface area contributed by atoms with E-state index in [0.717, 1.165) is 11.1 Å². The van der Waals surface area contributed by atoms with Gasteiger partial charge in [0.2, 0.25) is 5.91 Å². The minimum absolute atomic E-state index is 0.00971. The Labute approximate surface area is 87.2 Å². The van der Waals surface area contributed by atoms with Gasteiger partial charge in [0.15, 0.2) is 0 Å². The molecule has 4 nitrogen and oxygen atoms in total. The van der Waals surface area contributed by atoms with Gasteiger partial charge < -0.3 is 10.1 Å². The molecule has 0 saturated heterocycles. The van der Waals surface area contributed by atoms with Gasteiger partial charge in [-0.25, -0.2) is 4.79 Å². The second-order valence-electron chi connectivity index (χ2n) is 3.43. The molecule has 4 heteroatoms. The smallest absolute Gasteiger partial charge is 0.337 e. The first kappa shape index (κ1) is 9.71. The monoisotopic (exact) mass is 205 g/mol. The van der Waals surface area contributed by atoms with Gasteiger partial charge in [0.25, 0.3) is 0 Å². The maximum atomic E-state index is 11.3. The molecule has 1 aromatic carbocycles. The van der Waals surface area contributed by atoms with Crippen molar-refractivity contribution in [2.24, 2.45) is 0 Å². The number of esters is 1. The van der Waals surface area contributed by atoms with Gasteiger partial charge in [0.1, 0.15) is 0 Å². The Bertz CT molecular complexity index is 426. The lowest BCUT2D eigenvalue weighted by Crippen LogP contribution is -2.30. The van der Waals surface area contributed by atoms with E-state index in [9.17, 15) is 9.59 Å². The first-order valence-electron chi connectivity index (χ1n) is 4.67. The molecule has 0 aromatic heterocycles. The van der Waals surface area contributed by atoms with Crippen LogP contribution in [0.4, 0.5) is 0 Å². The molecule has 0 atom stereocenters. The van der Waals surface area contributed by atoms with Crippen molar-refractivity contribution in [2.45, 2.75) is 13.0 Å². The third-order valence-electron chi connectivity index (χ3n) is 2.45. The summed E-state index contributed by atoms with van der Waals surface area (Å²) in [5.74, 6) is -0.381. The van der Waals surface area contributed by atoms with E-state index in [0.29, 0.717) is 18.5 Å². The van der Waals surface area contributed by atoms with Crippen LogP contribution in [0.2, 0.25) is 0 Å². The summed E-state index contributed by atoms with van der Waals surface area (Å²) in [6, 6.07) is 5.28. The molecular formula is C11H11NO3. The van der Waals surface area contributed by atoms with Crippen molar-refractivity contribution in [1.29, 1.82) is 0 Å². The van der Waals surface area contributed by atoms with E-state index in [2.05, 4.69) is 10.1 Å². The van der Waals surface area contributed by atoms with Gasteiger partial charge in [-0.05, 0) is 23.3 Å². The number of carbonyl (C=O) groups is 2. The molecule has 78 valence electrons. The topological polar surface area (TPSA) is 55.4 Å². The molecule has 0 bridgehead atoms. The molecule has 1 amide bonds. The number of ether oxygens (including phenoxy) is 1. The standard InChI is InChI=1S/C11H11NO3/c1-15-11(14)7-2-3-8-6-12-10(13)5-9(8)4-7/h2-4H,5-6H2,1H3,(H,12,13). The number of hydrogen-bond acceptors (Lipinski definition) is 3. The third kappa shape index (κ3) is 1.83. The molecule has 0 fully saturated rings. The van der Waals surface area contributed by atoms with E-state index in [1.807, 2.05) is 6.07 Å². The Balaban J connectivity index is 2.36. The number of fused-ring (bicyclic) bond motifs is 1.